The minimum Gasteiger partial charge on any atom is -0.462 e. The van der Waals surface area contributed by atoms with Crippen LogP contribution in [-0.4, -0.2) is 96.7 Å². The van der Waals surface area contributed by atoms with Gasteiger partial charge in [-0.25, -0.2) is 9.13 Å². The van der Waals surface area contributed by atoms with Gasteiger partial charge in [0.15, 0.2) is 12.2 Å². The predicted molar refractivity (Wildman–Crippen MR) is 417 cm³/mol. The monoisotopic (exact) mass is 1460 g/mol. The van der Waals surface area contributed by atoms with Crippen LogP contribution in [0.4, 0.5) is 0 Å². The Kier molecular flexibility index (Phi) is 69.7. The fourth-order valence-corrected chi connectivity index (χ4v) is 11.0. The first kappa shape index (κ1) is 96.4. The Morgan fingerprint density at radius 2 is 0.569 bits per heavy atom. The van der Waals surface area contributed by atoms with Crippen molar-refractivity contribution in [2.45, 2.75) is 290 Å². The van der Waals surface area contributed by atoms with Crippen molar-refractivity contribution in [3.8, 4) is 0 Å². The highest BCUT2D eigenvalue weighted by Crippen LogP contribution is 2.45. The van der Waals surface area contributed by atoms with Crippen molar-refractivity contribution in [3.63, 3.8) is 0 Å². The highest BCUT2D eigenvalue weighted by atomic mass is 31.2. The molecule has 5 unspecified atom stereocenters. The summed E-state index contributed by atoms with van der Waals surface area (Å²) in [6.45, 7) is 4.34. The van der Waals surface area contributed by atoms with Crippen LogP contribution in [0.25, 0.3) is 0 Å². The molecule has 0 aliphatic carbocycles. The number of rotatable bonds is 70. The third-order valence-electron chi connectivity index (χ3n) is 15.2. The first-order valence-corrected chi connectivity index (χ1v) is 41.4. The van der Waals surface area contributed by atoms with Crippen molar-refractivity contribution < 1.29 is 80.2 Å². The average molecular weight is 1470 g/mol. The van der Waals surface area contributed by atoms with Gasteiger partial charge in [0, 0.05) is 19.3 Å². The Hall–Kier alpha value is -5.58. The maximum Gasteiger partial charge on any atom is 0.472 e. The second-order valence-electron chi connectivity index (χ2n) is 24.8. The second kappa shape index (κ2) is 73.7. The van der Waals surface area contributed by atoms with Crippen molar-refractivity contribution in [1.29, 1.82) is 0 Å². The summed E-state index contributed by atoms with van der Waals surface area (Å²) in [6.07, 6.45) is 86.7. The molecule has 0 aromatic heterocycles. The van der Waals surface area contributed by atoms with Crippen LogP contribution in [0.1, 0.15) is 272 Å². The molecular formula is C83H134O17P2. The molecule has 0 aliphatic heterocycles. The number of allylic oxidation sites excluding steroid dienone is 27. The smallest absolute Gasteiger partial charge is 0.462 e. The van der Waals surface area contributed by atoms with E-state index >= 15 is 0 Å². The van der Waals surface area contributed by atoms with Crippen molar-refractivity contribution in [1.82, 2.24) is 0 Å². The van der Waals surface area contributed by atoms with Crippen LogP contribution in [0, 0.1) is 0 Å². The van der Waals surface area contributed by atoms with Gasteiger partial charge in [-0.3, -0.25) is 37.3 Å². The number of hydrogen-bond acceptors (Lipinski definition) is 15. The summed E-state index contributed by atoms with van der Waals surface area (Å²) in [5.41, 5.74) is 0. The van der Waals surface area contributed by atoms with Crippen LogP contribution in [0.3, 0.4) is 0 Å². The number of unbranched alkanes of at least 4 members (excludes halogenated alkanes) is 17. The van der Waals surface area contributed by atoms with Crippen LogP contribution < -0.4 is 0 Å². The minimum absolute atomic E-state index is 0.00534. The molecule has 0 saturated heterocycles. The number of aliphatic hydroxyl groups excluding tert-OH is 1. The molecule has 19 heteroatoms. The third kappa shape index (κ3) is 72.8. The maximum absolute atomic E-state index is 13.1. The SMILES string of the molecule is CC/C=C\C/C=C\C/C=C\C/C=C\C/C=C\CCCC(=O)OC(COC(=O)CCCCCCCC/C=C\C/C=C\C/C=C\CCCCC)COP(=O)(O)OCC(O)COP(=O)(O)OCC(COC(=O)C/C=C\C/C=C\C/C=C\C/C=C\C/C=C\CC)OC(=O)CCCCCCC/C=C\CCCC. The lowest BCUT2D eigenvalue weighted by molar-refractivity contribution is -0.161. The van der Waals surface area contributed by atoms with E-state index in [1.807, 2.05) is 30.4 Å². The van der Waals surface area contributed by atoms with E-state index in [9.17, 15) is 43.2 Å². The number of esters is 4. The molecule has 0 fully saturated rings. The minimum atomic E-state index is -5.01. The van der Waals surface area contributed by atoms with E-state index in [2.05, 4.69) is 161 Å². The molecule has 0 saturated carbocycles. The molecule has 5 atom stereocenters. The summed E-state index contributed by atoms with van der Waals surface area (Å²) in [4.78, 5) is 72.8. The number of hydrogen-bond donors (Lipinski definition) is 3. The van der Waals surface area contributed by atoms with Gasteiger partial charge in [-0.1, -0.05) is 268 Å². The van der Waals surface area contributed by atoms with E-state index in [1.165, 1.54) is 25.7 Å². The Morgan fingerprint density at radius 1 is 0.294 bits per heavy atom. The number of carbonyl (C=O) groups is 4. The number of phosphoric ester groups is 2. The summed E-state index contributed by atoms with van der Waals surface area (Å²) in [5, 5.41) is 10.6. The van der Waals surface area contributed by atoms with E-state index in [1.54, 1.807) is 6.08 Å². The lowest BCUT2D eigenvalue weighted by atomic mass is 10.1. The van der Waals surface area contributed by atoms with Gasteiger partial charge in [0.25, 0.3) is 0 Å². The molecule has 0 aliphatic rings. The second-order valence-corrected chi connectivity index (χ2v) is 27.7. The molecule has 0 heterocycles. The van der Waals surface area contributed by atoms with Gasteiger partial charge in [-0.15, -0.1) is 0 Å². The van der Waals surface area contributed by atoms with Gasteiger partial charge in [-0.05, 0) is 148 Å². The van der Waals surface area contributed by atoms with Crippen LogP contribution in [-0.2, 0) is 65.4 Å². The van der Waals surface area contributed by atoms with Crippen LogP contribution >= 0.6 is 15.6 Å². The predicted octanol–water partition coefficient (Wildman–Crippen LogP) is 22.2. The van der Waals surface area contributed by atoms with Crippen molar-refractivity contribution in [3.05, 3.63) is 170 Å². The number of phosphoric acid groups is 2. The summed E-state index contributed by atoms with van der Waals surface area (Å²) in [7, 11) is -10.0. The van der Waals surface area contributed by atoms with E-state index in [0.29, 0.717) is 32.1 Å². The Morgan fingerprint density at radius 3 is 0.951 bits per heavy atom. The number of carbonyl (C=O) groups excluding carboxylic acids is 4. The average Bonchev–Trinajstić information content (AvgIpc) is 0.927. The van der Waals surface area contributed by atoms with Gasteiger partial charge in [-0.2, -0.15) is 0 Å². The molecule has 0 radical (unpaired) electrons. The maximum atomic E-state index is 13.1. The van der Waals surface area contributed by atoms with Crippen molar-refractivity contribution in [2.24, 2.45) is 0 Å². The van der Waals surface area contributed by atoms with Crippen molar-refractivity contribution >= 4 is 39.5 Å². The van der Waals surface area contributed by atoms with Crippen LogP contribution in [0.15, 0.2) is 170 Å². The molecule has 102 heavy (non-hydrogen) atoms. The largest absolute Gasteiger partial charge is 0.472 e. The van der Waals surface area contributed by atoms with E-state index in [4.69, 9.17) is 37.0 Å². The topological polar surface area (TPSA) is 237 Å². The zero-order valence-electron chi connectivity index (χ0n) is 63.0. The third-order valence-corrected chi connectivity index (χ3v) is 17.1. The molecule has 0 aromatic rings. The molecule has 0 bridgehead atoms. The Bertz CT molecular complexity index is 2600. The highest BCUT2D eigenvalue weighted by molar-refractivity contribution is 7.47. The summed E-state index contributed by atoms with van der Waals surface area (Å²) >= 11 is 0. The summed E-state index contributed by atoms with van der Waals surface area (Å²) in [6, 6.07) is 0. The molecular weight excluding hydrogens is 1330 g/mol. The standard InChI is InChI=1S/C83H134O17P2/c1-5-9-13-17-21-25-29-32-35-37-38-40-42-45-49-52-56-60-64-68-81(86)94-74-79(100-83(88)70-66-62-58-54-50-46-43-39-36-33-30-26-22-18-14-10-6-2)76-98-102(91,92)96-72-77(84)71-95-101(89,90)97-75-78(99-82(87)69-65-61-57-53-47-28-24-20-16-12-8-4)73-93-80(85)67-63-59-55-51-48-44-41-34-31-27-23-19-15-11-7-3/h10-11,14-15,20-27,32-36,38,40-41,43,46,48,51,54,58-59,63,77-79,84H,5-9,12-13,16-19,28-31,37,39,42,44-45,47,49-50,52-53,55-57,60-62,64-76H2,1-4H3,(H,89,90)(H,91,92)/b14-10-,15-11-,24-20-,25-21-,26-22-,27-23-,35-32-,36-33-,40-38-,41-34-,46-43-,51-48-,58-54-,63-59-. The zero-order valence-corrected chi connectivity index (χ0v) is 64.8. The normalized spacial score (nSPS) is 14.9. The van der Waals surface area contributed by atoms with Gasteiger partial charge in [0.05, 0.1) is 32.8 Å². The lowest BCUT2D eigenvalue weighted by Gasteiger charge is -2.21. The van der Waals surface area contributed by atoms with Crippen LogP contribution in [0.5, 0.6) is 0 Å². The quantitative estimate of drug-likeness (QED) is 0.0169. The van der Waals surface area contributed by atoms with Gasteiger partial charge in [0.2, 0.25) is 0 Å². The number of aliphatic hydroxyl groups is 1. The van der Waals surface area contributed by atoms with E-state index < -0.39 is 97.5 Å². The first-order chi connectivity index (χ1) is 49.7. The van der Waals surface area contributed by atoms with E-state index in [-0.39, 0.29) is 25.7 Å². The fourth-order valence-electron chi connectivity index (χ4n) is 9.37. The number of ether oxygens (including phenoxy) is 4. The first-order valence-electron chi connectivity index (χ1n) is 38.4. The van der Waals surface area contributed by atoms with Crippen molar-refractivity contribution in [2.75, 3.05) is 39.6 Å². The van der Waals surface area contributed by atoms with Gasteiger partial charge in [0.1, 0.15) is 19.3 Å². The van der Waals surface area contributed by atoms with Crippen LogP contribution in [0.2, 0.25) is 0 Å². The molecule has 0 spiro atoms. The zero-order chi connectivity index (χ0) is 74.6. The fraction of sp³-hybridized carbons (Fsp3) is 0.614. The summed E-state index contributed by atoms with van der Waals surface area (Å²) < 4.78 is 68.2. The lowest BCUT2D eigenvalue weighted by Crippen LogP contribution is -2.30. The molecule has 0 amide bonds. The highest BCUT2D eigenvalue weighted by Gasteiger charge is 2.30. The van der Waals surface area contributed by atoms with E-state index in [0.717, 1.165) is 161 Å². The summed E-state index contributed by atoms with van der Waals surface area (Å²) in [5.74, 6) is -2.43. The Labute approximate surface area is 616 Å². The van der Waals surface area contributed by atoms with Gasteiger partial charge >= 0.3 is 39.5 Å². The van der Waals surface area contributed by atoms with Gasteiger partial charge < -0.3 is 33.8 Å². The molecule has 0 rings (SSSR count). The Balaban J connectivity index is 5.48. The molecule has 17 nitrogen and oxygen atoms in total. The molecule has 0 aromatic carbocycles. The molecule has 578 valence electrons. The molecule has 3 N–H and O–H groups in total.